The van der Waals surface area contributed by atoms with Gasteiger partial charge in [-0.15, -0.1) is 0 Å². The van der Waals surface area contributed by atoms with Crippen molar-refractivity contribution in [2.75, 3.05) is 0 Å². The molecular weight excluding hydrogens is 296 g/mol. The zero-order valence-electron chi connectivity index (χ0n) is 14.2. The largest absolute Gasteiger partial charge is 0.289 e. The molecule has 0 atom stereocenters. The molecule has 0 spiro atoms. The van der Waals surface area contributed by atoms with Gasteiger partial charge in [-0.25, -0.2) is 0 Å². The second kappa shape index (κ2) is 9.90. The van der Waals surface area contributed by atoms with E-state index in [0.29, 0.717) is 22.3 Å². The van der Waals surface area contributed by atoms with Gasteiger partial charge < -0.3 is 0 Å². The van der Waals surface area contributed by atoms with E-state index >= 15 is 0 Å². The highest BCUT2D eigenvalue weighted by atomic mass is 16.1. The molecule has 0 aliphatic carbocycles. The van der Waals surface area contributed by atoms with Gasteiger partial charge in [-0.2, -0.15) is 0 Å². The van der Waals surface area contributed by atoms with E-state index in [4.69, 9.17) is 0 Å². The number of ketones is 2. The van der Waals surface area contributed by atoms with Crippen LogP contribution in [-0.4, -0.2) is 11.6 Å². The van der Waals surface area contributed by atoms with Crippen LogP contribution >= 0.6 is 0 Å². The Morgan fingerprint density at radius 3 is 1.92 bits per heavy atom. The first-order chi connectivity index (χ1) is 11.7. The molecule has 2 nitrogen and oxygen atoms in total. The van der Waals surface area contributed by atoms with Crippen molar-refractivity contribution >= 4 is 11.6 Å². The van der Waals surface area contributed by atoms with Crippen molar-refractivity contribution in [1.82, 2.24) is 0 Å². The molecule has 0 fully saturated rings. The highest BCUT2D eigenvalue weighted by molar-refractivity contribution is 6.20. The van der Waals surface area contributed by atoms with E-state index < -0.39 is 0 Å². The van der Waals surface area contributed by atoms with Crippen LogP contribution in [0.25, 0.3) is 0 Å². The normalized spacial score (nSPS) is 10.2. The maximum absolute atomic E-state index is 12.6. The van der Waals surface area contributed by atoms with Crippen LogP contribution in [0.1, 0.15) is 40.1 Å². The second-order valence-corrected chi connectivity index (χ2v) is 4.63. The molecule has 0 amide bonds. The third-order valence-electron chi connectivity index (χ3n) is 3.23. The molecule has 2 aromatic rings. The lowest BCUT2D eigenvalue weighted by Gasteiger charge is -2.08. The van der Waals surface area contributed by atoms with Gasteiger partial charge in [-0.3, -0.25) is 9.59 Å². The van der Waals surface area contributed by atoms with Gasteiger partial charge in [0.25, 0.3) is 0 Å². The third kappa shape index (κ3) is 4.50. The van der Waals surface area contributed by atoms with Crippen LogP contribution in [0.2, 0.25) is 0 Å². The molecular formula is C22H22O2. The SMILES string of the molecule is C=C/C=C(\C=C)C(=O)c1ccccc1C(=O)c1ccccc1.CC. The molecule has 0 aliphatic rings. The topological polar surface area (TPSA) is 34.1 Å². The van der Waals surface area contributed by atoms with Gasteiger partial charge in [-0.05, 0) is 0 Å². The average Bonchev–Trinajstić information content (AvgIpc) is 2.67. The Kier molecular flexibility index (Phi) is 7.86. The van der Waals surface area contributed by atoms with Crippen LogP contribution < -0.4 is 0 Å². The molecule has 0 heterocycles. The fourth-order valence-corrected chi connectivity index (χ4v) is 2.14. The highest BCUT2D eigenvalue weighted by Crippen LogP contribution is 2.18. The standard InChI is InChI=1S/C20H16O2.C2H6/c1-3-10-15(4-2)19(21)17-13-8-9-14-18(17)20(22)16-11-6-5-7-12-16;1-2/h3-14H,1-2H2;1-2H3/b15-10+;. The molecule has 0 aliphatic heterocycles. The molecule has 2 heteroatoms. The van der Waals surface area contributed by atoms with E-state index in [0.717, 1.165) is 0 Å². The summed E-state index contributed by atoms with van der Waals surface area (Å²) in [4.78, 5) is 25.2. The van der Waals surface area contributed by atoms with Crippen molar-refractivity contribution in [2.45, 2.75) is 13.8 Å². The zero-order chi connectivity index (χ0) is 17.9. The van der Waals surface area contributed by atoms with Gasteiger partial charge in [0, 0.05) is 22.3 Å². The molecule has 0 saturated heterocycles. The highest BCUT2D eigenvalue weighted by Gasteiger charge is 2.19. The van der Waals surface area contributed by atoms with Gasteiger partial charge in [-0.1, -0.05) is 99.8 Å². The molecule has 0 aromatic heterocycles. The van der Waals surface area contributed by atoms with Gasteiger partial charge in [0.2, 0.25) is 0 Å². The van der Waals surface area contributed by atoms with Crippen molar-refractivity contribution in [2.24, 2.45) is 0 Å². The van der Waals surface area contributed by atoms with Crippen molar-refractivity contribution in [3.05, 3.63) is 108 Å². The van der Waals surface area contributed by atoms with E-state index in [2.05, 4.69) is 13.2 Å². The molecule has 0 unspecified atom stereocenters. The van der Waals surface area contributed by atoms with Gasteiger partial charge in [0.15, 0.2) is 11.6 Å². The number of Topliss-reactive ketones (excluding diaryl/α,β-unsaturated/α-hetero) is 1. The second-order valence-electron chi connectivity index (χ2n) is 4.63. The summed E-state index contributed by atoms with van der Waals surface area (Å²) in [6, 6.07) is 15.7. The van der Waals surface area contributed by atoms with E-state index in [-0.39, 0.29) is 11.6 Å². The Morgan fingerprint density at radius 2 is 1.38 bits per heavy atom. The Labute approximate surface area is 143 Å². The average molecular weight is 318 g/mol. The molecule has 0 radical (unpaired) electrons. The fraction of sp³-hybridized carbons (Fsp3) is 0.0909. The van der Waals surface area contributed by atoms with Crippen molar-refractivity contribution < 1.29 is 9.59 Å². The minimum atomic E-state index is -0.241. The molecule has 2 rings (SSSR count). The summed E-state index contributed by atoms with van der Waals surface area (Å²) in [7, 11) is 0. The Morgan fingerprint density at radius 1 is 0.833 bits per heavy atom. The number of rotatable bonds is 6. The maximum Gasteiger partial charge on any atom is 0.193 e. The number of carbonyl (C=O) groups excluding carboxylic acids is 2. The summed E-state index contributed by atoms with van der Waals surface area (Å²) < 4.78 is 0. The predicted molar refractivity (Wildman–Crippen MR) is 100 cm³/mol. The first-order valence-corrected chi connectivity index (χ1v) is 7.87. The molecule has 2 aromatic carbocycles. The van der Waals surface area contributed by atoms with Crippen LogP contribution in [-0.2, 0) is 0 Å². The van der Waals surface area contributed by atoms with Crippen LogP contribution in [0.5, 0.6) is 0 Å². The van der Waals surface area contributed by atoms with E-state index in [9.17, 15) is 9.59 Å². The minimum absolute atomic E-state index is 0.174. The lowest BCUT2D eigenvalue weighted by atomic mass is 9.93. The number of benzene rings is 2. The summed E-state index contributed by atoms with van der Waals surface area (Å²) in [5.74, 6) is -0.415. The lowest BCUT2D eigenvalue weighted by molar-refractivity contribution is 0.100. The smallest absolute Gasteiger partial charge is 0.193 e. The van der Waals surface area contributed by atoms with Crippen LogP contribution in [0.15, 0.2) is 91.6 Å². The summed E-state index contributed by atoms with van der Waals surface area (Å²) in [5, 5.41) is 0. The first-order valence-electron chi connectivity index (χ1n) is 7.87. The predicted octanol–water partition coefficient (Wildman–Crippen LogP) is 5.42. The number of carbonyl (C=O) groups is 2. The molecule has 0 N–H and O–H groups in total. The van der Waals surface area contributed by atoms with E-state index in [1.165, 1.54) is 12.2 Å². The summed E-state index contributed by atoms with van der Waals surface area (Å²) in [6.45, 7) is 11.2. The maximum atomic E-state index is 12.6. The third-order valence-corrected chi connectivity index (χ3v) is 3.23. The van der Waals surface area contributed by atoms with Crippen LogP contribution in [0, 0.1) is 0 Å². The number of allylic oxidation sites excluding steroid dienone is 4. The molecule has 0 saturated carbocycles. The van der Waals surface area contributed by atoms with E-state index in [1.54, 1.807) is 54.6 Å². The van der Waals surface area contributed by atoms with Gasteiger partial charge in [0.05, 0.1) is 0 Å². The Hall–Kier alpha value is -3.00. The van der Waals surface area contributed by atoms with Crippen molar-refractivity contribution in [3.63, 3.8) is 0 Å². The number of hydrogen-bond acceptors (Lipinski definition) is 2. The quantitative estimate of drug-likeness (QED) is 0.404. The monoisotopic (exact) mass is 318 g/mol. The summed E-state index contributed by atoms with van der Waals surface area (Å²) in [6.07, 6.45) is 4.57. The van der Waals surface area contributed by atoms with Crippen molar-refractivity contribution in [3.8, 4) is 0 Å². The lowest BCUT2D eigenvalue weighted by Crippen LogP contribution is -2.11. The first kappa shape index (κ1) is 19.0. The molecule has 122 valence electrons. The summed E-state index contributed by atoms with van der Waals surface area (Å²) >= 11 is 0. The fourth-order valence-electron chi connectivity index (χ4n) is 2.14. The van der Waals surface area contributed by atoms with E-state index in [1.807, 2.05) is 19.9 Å². The minimum Gasteiger partial charge on any atom is -0.289 e. The van der Waals surface area contributed by atoms with Crippen molar-refractivity contribution in [1.29, 1.82) is 0 Å². The van der Waals surface area contributed by atoms with Crippen LogP contribution in [0.3, 0.4) is 0 Å². The zero-order valence-corrected chi connectivity index (χ0v) is 14.2. The van der Waals surface area contributed by atoms with Crippen LogP contribution in [0.4, 0.5) is 0 Å². The molecule has 0 bridgehead atoms. The Balaban J connectivity index is 0.00000139. The summed E-state index contributed by atoms with van der Waals surface area (Å²) in [5.41, 5.74) is 1.71. The number of hydrogen-bond donors (Lipinski definition) is 0. The van der Waals surface area contributed by atoms with Gasteiger partial charge in [0.1, 0.15) is 0 Å². The van der Waals surface area contributed by atoms with Gasteiger partial charge >= 0.3 is 0 Å². The Bertz CT molecular complexity index is 753. The molecule has 24 heavy (non-hydrogen) atoms.